The van der Waals surface area contributed by atoms with E-state index in [1.54, 1.807) is 0 Å². The zero-order chi connectivity index (χ0) is 20.2. The van der Waals surface area contributed by atoms with E-state index in [0.717, 1.165) is 59.9 Å². The van der Waals surface area contributed by atoms with Crippen molar-refractivity contribution in [1.82, 2.24) is 15.3 Å². The van der Waals surface area contributed by atoms with Crippen LogP contribution in [0.3, 0.4) is 0 Å². The summed E-state index contributed by atoms with van der Waals surface area (Å²) in [6.07, 6.45) is 4.64. The van der Waals surface area contributed by atoms with Crippen molar-refractivity contribution in [3.05, 3.63) is 46.8 Å². The second-order valence-electron chi connectivity index (χ2n) is 7.81. The van der Waals surface area contributed by atoms with Crippen molar-refractivity contribution in [2.24, 2.45) is 0 Å². The van der Waals surface area contributed by atoms with Gasteiger partial charge >= 0.3 is 0 Å². The van der Waals surface area contributed by atoms with Crippen molar-refractivity contribution in [3.63, 3.8) is 0 Å². The molecule has 1 aromatic heterocycles. The molecule has 7 nitrogen and oxygen atoms in total. The Morgan fingerprint density at radius 1 is 1.34 bits per heavy atom. The Morgan fingerprint density at radius 2 is 2.17 bits per heavy atom. The number of nitrogens with zero attached hydrogens (tertiary/aromatic N) is 3. The van der Waals surface area contributed by atoms with Crippen LogP contribution in [0.2, 0.25) is 0 Å². The Bertz CT molecular complexity index is 866. The predicted molar refractivity (Wildman–Crippen MR) is 110 cm³/mol. The smallest absolute Gasteiger partial charge is 0.258 e. The van der Waals surface area contributed by atoms with Crippen LogP contribution in [0, 0.1) is 13.8 Å². The average Bonchev–Trinajstić information content (AvgIpc) is 2.73. The van der Waals surface area contributed by atoms with E-state index in [-0.39, 0.29) is 18.6 Å². The van der Waals surface area contributed by atoms with Crippen LogP contribution in [-0.2, 0) is 22.6 Å². The fraction of sp³-hybridized carbons (Fsp3) is 0.500. The van der Waals surface area contributed by atoms with Gasteiger partial charge in [-0.1, -0.05) is 18.2 Å². The average molecular weight is 396 g/mol. The van der Waals surface area contributed by atoms with Gasteiger partial charge in [0.2, 0.25) is 5.95 Å². The predicted octanol–water partition coefficient (Wildman–Crippen LogP) is 2.33. The quantitative estimate of drug-likeness (QED) is 0.836. The number of anilines is 1. The SMILES string of the molecule is Cc1cccc(C)c1OCC(=O)NC1CCCN(c2ncc3c(n2)CCOC3)C1. The molecule has 7 heteroatoms. The molecule has 1 N–H and O–H groups in total. The van der Waals surface area contributed by atoms with Crippen molar-refractivity contribution in [1.29, 1.82) is 0 Å². The highest BCUT2D eigenvalue weighted by molar-refractivity contribution is 5.78. The van der Waals surface area contributed by atoms with Crippen LogP contribution < -0.4 is 15.0 Å². The molecule has 2 aliphatic rings. The summed E-state index contributed by atoms with van der Waals surface area (Å²) in [5.74, 6) is 1.44. The Hall–Kier alpha value is -2.67. The van der Waals surface area contributed by atoms with Crippen molar-refractivity contribution in [3.8, 4) is 5.75 Å². The normalized spacial score (nSPS) is 18.8. The largest absolute Gasteiger partial charge is 0.483 e. The molecule has 1 saturated heterocycles. The number of amides is 1. The van der Waals surface area contributed by atoms with Gasteiger partial charge in [-0.3, -0.25) is 4.79 Å². The number of hydrogen-bond acceptors (Lipinski definition) is 6. The van der Waals surface area contributed by atoms with E-state index in [0.29, 0.717) is 19.8 Å². The van der Waals surface area contributed by atoms with Crippen LogP contribution >= 0.6 is 0 Å². The van der Waals surface area contributed by atoms with E-state index in [1.165, 1.54) is 0 Å². The van der Waals surface area contributed by atoms with E-state index >= 15 is 0 Å². The van der Waals surface area contributed by atoms with Gasteiger partial charge in [0.05, 0.1) is 18.9 Å². The molecule has 154 valence electrons. The highest BCUT2D eigenvalue weighted by atomic mass is 16.5. The summed E-state index contributed by atoms with van der Waals surface area (Å²) in [7, 11) is 0. The van der Waals surface area contributed by atoms with Crippen LogP contribution in [0.5, 0.6) is 5.75 Å². The second-order valence-corrected chi connectivity index (χ2v) is 7.81. The van der Waals surface area contributed by atoms with Gasteiger partial charge in [-0.2, -0.15) is 0 Å². The summed E-state index contributed by atoms with van der Waals surface area (Å²) in [5, 5.41) is 3.11. The molecule has 1 aromatic carbocycles. The van der Waals surface area contributed by atoms with Crippen molar-refractivity contribution in [2.45, 2.75) is 45.8 Å². The summed E-state index contributed by atoms with van der Waals surface area (Å²) < 4.78 is 11.2. The number of hydrogen-bond donors (Lipinski definition) is 1. The van der Waals surface area contributed by atoms with Gasteiger partial charge in [-0.25, -0.2) is 9.97 Å². The van der Waals surface area contributed by atoms with Crippen molar-refractivity contribution in [2.75, 3.05) is 31.2 Å². The minimum absolute atomic E-state index is 0.0253. The third-order valence-electron chi connectivity index (χ3n) is 5.51. The Morgan fingerprint density at radius 3 is 3.00 bits per heavy atom. The summed E-state index contributed by atoms with van der Waals surface area (Å²) >= 11 is 0. The lowest BCUT2D eigenvalue weighted by molar-refractivity contribution is -0.123. The van der Waals surface area contributed by atoms with Gasteiger partial charge in [0.1, 0.15) is 5.75 Å². The zero-order valence-corrected chi connectivity index (χ0v) is 17.1. The molecule has 4 rings (SSSR count). The number of fused-ring (bicyclic) bond motifs is 1. The first kappa shape index (κ1) is 19.6. The minimum Gasteiger partial charge on any atom is -0.483 e. The number of ether oxygens (including phenoxy) is 2. The third kappa shape index (κ3) is 4.67. The number of para-hydroxylation sites is 1. The first-order valence-electron chi connectivity index (χ1n) is 10.3. The van der Waals surface area contributed by atoms with Gasteiger partial charge in [-0.15, -0.1) is 0 Å². The molecule has 2 aliphatic heterocycles. The van der Waals surface area contributed by atoms with Crippen LogP contribution in [-0.4, -0.2) is 48.2 Å². The summed E-state index contributed by atoms with van der Waals surface area (Å²) in [5.41, 5.74) is 4.23. The molecule has 0 aliphatic carbocycles. The lowest BCUT2D eigenvalue weighted by Crippen LogP contribution is -2.49. The lowest BCUT2D eigenvalue weighted by atomic mass is 10.1. The highest BCUT2D eigenvalue weighted by Crippen LogP contribution is 2.23. The van der Waals surface area contributed by atoms with Gasteiger partial charge in [0, 0.05) is 37.3 Å². The van der Waals surface area contributed by atoms with E-state index in [2.05, 4.69) is 15.2 Å². The number of nitrogens with one attached hydrogen (secondary N) is 1. The second kappa shape index (κ2) is 8.78. The van der Waals surface area contributed by atoms with Crippen LogP contribution in [0.4, 0.5) is 5.95 Å². The Labute approximate surface area is 171 Å². The Kier molecular flexibility index (Phi) is 5.94. The first-order valence-corrected chi connectivity index (χ1v) is 10.3. The maximum atomic E-state index is 12.4. The van der Waals surface area contributed by atoms with Crippen LogP contribution in [0.1, 0.15) is 35.2 Å². The first-order chi connectivity index (χ1) is 14.1. The lowest BCUT2D eigenvalue weighted by Gasteiger charge is -2.33. The molecule has 0 bridgehead atoms. The molecule has 1 atom stereocenters. The van der Waals surface area contributed by atoms with E-state index in [9.17, 15) is 4.79 Å². The number of carbonyl (C=O) groups excluding carboxylic acids is 1. The topological polar surface area (TPSA) is 76.6 Å². The molecule has 0 saturated carbocycles. The molecule has 1 unspecified atom stereocenters. The standard InChI is InChI=1S/C22H28N4O3/c1-15-5-3-6-16(2)21(15)29-14-20(27)24-18-7-4-9-26(12-18)22-23-11-17-13-28-10-8-19(17)25-22/h3,5-6,11,18H,4,7-10,12-14H2,1-2H3,(H,24,27). The number of piperidine rings is 1. The third-order valence-corrected chi connectivity index (χ3v) is 5.51. The molecular formula is C22H28N4O3. The highest BCUT2D eigenvalue weighted by Gasteiger charge is 2.24. The van der Waals surface area contributed by atoms with Gasteiger partial charge in [0.25, 0.3) is 5.91 Å². The fourth-order valence-electron chi connectivity index (χ4n) is 3.98. The summed E-state index contributed by atoms with van der Waals surface area (Å²) in [4.78, 5) is 23.9. The van der Waals surface area contributed by atoms with Gasteiger partial charge in [0.15, 0.2) is 6.61 Å². The molecule has 0 spiro atoms. The number of aromatic nitrogens is 2. The molecule has 3 heterocycles. The molecule has 1 amide bonds. The summed E-state index contributed by atoms with van der Waals surface area (Å²) in [6, 6.07) is 6.04. The van der Waals surface area contributed by atoms with Crippen LogP contribution in [0.15, 0.2) is 24.4 Å². The number of rotatable bonds is 5. The maximum absolute atomic E-state index is 12.4. The zero-order valence-electron chi connectivity index (χ0n) is 17.1. The fourth-order valence-corrected chi connectivity index (χ4v) is 3.98. The number of carbonyl (C=O) groups is 1. The minimum atomic E-state index is -0.0944. The van der Waals surface area contributed by atoms with Crippen LogP contribution in [0.25, 0.3) is 0 Å². The summed E-state index contributed by atoms with van der Waals surface area (Å²) in [6.45, 7) is 6.92. The molecule has 0 radical (unpaired) electrons. The van der Waals surface area contributed by atoms with Gasteiger partial charge in [-0.05, 0) is 37.8 Å². The number of benzene rings is 1. The maximum Gasteiger partial charge on any atom is 0.258 e. The molecule has 1 fully saturated rings. The molecule has 2 aromatic rings. The van der Waals surface area contributed by atoms with Gasteiger partial charge < -0.3 is 19.7 Å². The van der Waals surface area contributed by atoms with E-state index < -0.39 is 0 Å². The number of aryl methyl sites for hydroxylation is 2. The molecule has 29 heavy (non-hydrogen) atoms. The molecular weight excluding hydrogens is 368 g/mol. The van der Waals surface area contributed by atoms with E-state index in [4.69, 9.17) is 14.5 Å². The van der Waals surface area contributed by atoms with Crippen molar-refractivity contribution >= 4 is 11.9 Å². The monoisotopic (exact) mass is 396 g/mol. The van der Waals surface area contributed by atoms with Crippen molar-refractivity contribution < 1.29 is 14.3 Å². The Balaban J connectivity index is 1.33. The van der Waals surface area contributed by atoms with E-state index in [1.807, 2.05) is 38.2 Å².